The Kier molecular flexibility index (Phi) is 6.04. The third kappa shape index (κ3) is 4.72. The Labute approximate surface area is 168 Å². The Hall–Kier alpha value is -2.80. The number of benzene rings is 2. The second-order valence-electron chi connectivity index (χ2n) is 6.70. The first-order valence-corrected chi connectivity index (χ1v) is 9.78. The van der Waals surface area contributed by atoms with Gasteiger partial charge in [0.15, 0.2) is 0 Å². The molecule has 3 aromatic rings. The summed E-state index contributed by atoms with van der Waals surface area (Å²) in [5, 5.41) is 11.0. The van der Waals surface area contributed by atoms with Crippen LogP contribution in [0.3, 0.4) is 0 Å². The van der Waals surface area contributed by atoms with Crippen LogP contribution in [0.15, 0.2) is 46.0 Å². The van der Waals surface area contributed by atoms with Gasteiger partial charge in [-0.3, -0.25) is 4.79 Å². The Bertz CT molecular complexity index is 980. The molecular weight excluding hydrogens is 374 g/mol. The van der Waals surface area contributed by atoms with Crippen LogP contribution in [0, 0.1) is 20.8 Å². The first kappa shape index (κ1) is 19.9. The second-order valence-corrected chi connectivity index (χ2v) is 7.99. The van der Waals surface area contributed by atoms with Gasteiger partial charge in [-0.05, 0) is 57.5 Å². The minimum atomic E-state index is -0.419. The quantitative estimate of drug-likeness (QED) is 0.603. The maximum absolute atomic E-state index is 12.6. The molecule has 6 nitrogen and oxygen atoms in total. The lowest BCUT2D eigenvalue weighted by molar-refractivity contribution is -0.115. The molecule has 0 spiro atoms. The van der Waals surface area contributed by atoms with Crippen LogP contribution < -0.4 is 10.1 Å². The normalized spacial score (nSPS) is 11.9. The van der Waals surface area contributed by atoms with Crippen molar-refractivity contribution in [2.45, 2.75) is 38.2 Å². The molecule has 0 bridgehead atoms. The van der Waals surface area contributed by atoms with Crippen LogP contribution in [-0.4, -0.2) is 28.5 Å². The van der Waals surface area contributed by atoms with Gasteiger partial charge in [0.1, 0.15) is 5.75 Å². The molecule has 1 N–H and O–H groups in total. The molecule has 0 aliphatic heterocycles. The highest BCUT2D eigenvalue weighted by molar-refractivity contribution is 8.00. The molecule has 1 heterocycles. The smallest absolute Gasteiger partial charge is 0.277 e. The first-order valence-electron chi connectivity index (χ1n) is 8.90. The fourth-order valence-electron chi connectivity index (χ4n) is 2.83. The van der Waals surface area contributed by atoms with Gasteiger partial charge in [-0.25, -0.2) is 0 Å². The van der Waals surface area contributed by atoms with Gasteiger partial charge in [0.05, 0.1) is 18.0 Å². The summed E-state index contributed by atoms with van der Waals surface area (Å²) >= 11 is 1.22. The summed E-state index contributed by atoms with van der Waals surface area (Å²) < 4.78 is 11.1. The number of thioether (sulfide) groups is 1. The van der Waals surface area contributed by atoms with E-state index in [1.54, 1.807) is 14.0 Å². The third-order valence-electron chi connectivity index (χ3n) is 4.13. The topological polar surface area (TPSA) is 77.2 Å². The molecule has 146 valence electrons. The molecule has 1 atom stereocenters. The largest absolute Gasteiger partial charge is 0.495 e. The zero-order valence-electron chi connectivity index (χ0n) is 16.6. The van der Waals surface area contributed by atoms with E-state index in [0.717, 1.165) is 22.3 Å². The fourth-order valence-corrected chi connectivity index (χ4v) is 3.51. The van der Waals surface area contributed by atoms with Gasteiger partial charge in [-0.15, -0.1) is 10.2 Å². The molecule has 1 amide bonds. The van der Waals surface area contributed by atoms with E-state index in [1.807, 2.05) is 51.1 Å². The van der Waals surface area contributed by atoms with Crippen molar-refractivity contribution in [3.05, 3.63) is 53.1 Å². The first-order chi connectivity index (χ1) is 13.4. The summed E-state index contributed by atoms with van der Waals surface area (Å²) in [7, 11) is 1.57. The number of aromatic nitrogens is 2. The van der Waals surface area contributed by atoms with E-state index < -0.39 is 5.25 Å². The predicted molar refractivity (Wildman–Crippen MR) is 111 cm³/mol. The van der Waals surface area contributed by atoms with Crippen molar-refractivity contribution in [2.75, 3.05) is 12.4 Å². The van der Waals surface area contributed by atoms with E-state index in [1.165, 1.54) is 11.8 Å². The number of hydrogen-bond donors (Lipinski definition) is 1. The van der Waals surface area contributed by atoms with Crippen LogP contribution in [0.2, 0.25) is 0 Å². The van der Waals surface area contributed by atoms with E-state index in [2.05, 4.69) is 21.6 Å². The van der Waals surface area contributed by atoms with E-state index in [4.69, 9.17) is 9.15 Å². The summed E-state index contributed by atoms with van der Waals surface area (Å²) in [6.45, 7) is 7.80. The van der Waals surface area contributed by atoms with Crippen molar-refractivity contribution >= 4 is 23.4 Å². The number of methoxy groups -OCH3 is 1. The predicted octanol–water partition coefficient (Wildman–Crippen LogP) is 4.79. The molecule has 0 aliphatic rings. The summed E-state index contributed by atoms with van der Waals surface area (Å²) in [5.41, 5.74) is 4.80. The Morgan fingerprint density at radius 2 is 1.79 bits per heavy atom. The highest BCUT2D eigenvalue weighted by Crippen LogP contribution is 2.29. The van der Waals surface area contributed by atoms with Crippen molar-refractivity contribution in [1.82, 2.24) is 10.2 Å². The minimum absolute atomic E-state index is 0.167. The number of nitrogens with one attached hydrogen (secondary N) is 1. The molecule has 0 saturated carbocycles. The average Bonchev–Trinajstić information content (AvgIpc) is 3.09. The van der Waals surface area contributed by atoms with Crippen molar-refractivity contribution in [2.24, 2.45) is 0 Å². The molecule has 0 fully saturated rings. The Morgan fingerprint density at radius 3 is 2.46 bits per heavy atom. The third-order valence-corrected chi connectivity index (χ3v) is 5.07. The van der Waals surface area contributed by atoms with E-state index >= 15 is 0 Å². The summed E-state index contributed by atoms with van der Waals surface area (Å²) in [6, 6.07) is 11.7. The summed E-state index contributed by atoms with van der Waals surface area (Å²) in [6.07, 6.45) is 0. The van der Waals surface area contributed by atoms with Crippen LogP contribution in [0.25, 0.3) is 11.5 Å². The number of amides is 1. The lowest BCUT2D eigenvalue weighted by Gasteiger charge is -2.13. The van der Waals surface area contributed by atoms with Crippen molar-refractivity contribution in [3.8, 4) is 17.2 Å². The molecule has 1 aromatic heterocycles. The van der Waals surface area contributed by atoms with E-state index in [9.17, 15) is 4.79 Å². The number of aryl methyl sites for hydroxylation is 3. The number of anilines is 1. The van der Waals surface area contributed by atoms with Crippen LogP contribution in [0.1, 0.15) is 23.6 Å². The van der Waals surface area contributed by atoms with Gasteiger partial charge >= 0.3 is 0 Å². The zero-order chi connectivity index (χ0) is 20.3. The number of carbonyl (C=O) groups is 1. The molecule has 3 rings (SSSR count). The van der Waals surface area contributed by atoms with Gasteiger partial charge in [-0.1, -0.05) is 35.0 Å². The van der Waals surface area contributed by atoms with Crippen molar-refractivity contribution in [1.29, 1.82) is 0 Å². The SMILES string of the molecule is COc1ccc(C)cc1NC(=O)C(C)Sc1nnc(-c2cc(C)cc(C)c2)o1. The monoisotopic (exact) mass is 397 g/mol. The molecule has 2 aromatic carbocycles. The molecule has 0 aliphatic carbocycles. The number of carbonyl (C=O) groups excluding carboxylic acids is 1. The second kappa shape index (κ2) is 8.48. The molecular formula is C21H23N3O3S. The number of hydrogen-bond acceptors (Lipinski definition) is 6. The lowest BCUT2D eigenvalue weighted by Crippen LogP contribution is -2.22. The molecule has 0 radical (unpaired) electrons. The zero-order valence-corrected chi connectivity index (χ0v) is 17.4. The van der Waals surface area contributed by atoms with Gasteiger partial charge in [0, 0.05) is 5.56 Å². The van der Waals surface area contributed by atoms with Gasteiger partial charge in [0.2, 0.25) is 11.8 Å². The minimum Gasteiger partial charge on any atom is -0.495 e. The Morgan fingerprint density at radius 1 is 1.07 bits per heavy atom. The maximum Gasteiger partial charge on any atom is 0.277 e. The van der Waals surface area contributed by atoms with Crippen molar-refractivity contribution < 1.29 is 13.9 Å². The molecule has 0 saturated heterocycles. The highest BCUT2D eigenvalue weighted by Gasteiger charge is 2.20. The summed E-state index contributed by atoms with van der Waals surface area (Å²) in [4.78, 5) is 12.6. The fraction of sp³-hybridized carbons (Fsp3) is 0.286. The van der Waals surface area contributed by atoms with Crippen LogP contribution in [0.5, 0.6) is 5.75 Å². The van der Waals surface area contributed by atoms with Crippen LogP contribution in [0.4, 0.5) is 5.69 Å². The highest BCUT2D eigenvalue weighted by atomic mass is 32.2. The maximum atomic E-state index is 12.6. The van der Waals surface area contributed by atoms with Crippen LogP contribution >= 0.6 is 11.8 Å². The number of ether oxygens (including phenoxy) is 1. The standard InChI is InChI=1S/C21H23N3O3S/c1-12-6-7-18(26-5)17(11-12)22-19(25)15(4)28-21-24-23-20(27-21)16-9-13(2)8-14(3)10-16/h6-11,15H,1-5H3,(H,22,25). The lowest BCUT2D eigenvalue weighted by atomic mass is 10.1. The summed E-state index contributed by atoms with van der Waals surface area (Å²) in [5.74, 6) is 0.897. The molecule has 1 unspecified atom stereocenters. The Balaban J connectivity index is 1.70. The van der Waals surface area contributed by atoms with Gasteiger partial charge in [0.25, 0.3) is 5.22 Å². The number of nitrogens with zero attached hydrogens (tertiary/aromatic N) is 2. The molecule has 28 heavy (non-hydrogen) atoms. The number of rotatable bonds is 6. The van der Waals surface area contributed by atoms with E-state index in [0.29, 0.717) is 22.6 Å². The van der Waals surface area contributed by atoms with Crippen molar-refractivity contribution in [3.63, 3.8) is 0 Å². The van der Waals surface area contributed by atoms with Gasteiger partial charge in [-0.2, -0.15) is 0 Å². The molecule has 7 heteroatoms. The average molecular weight is 398 g/mol. The van der Waals surface area contributed by atoms with Crippen LogP contribution in [-0.2, 0) is 4.79 Å². The van der Waals surface area contributed by atoms with Gasteiger partial charge < -0.3 is 14.5 Å². The van der Waals surface area contributed by atoms with E-state index in [-0.39, 0.29) is 5.91 Å².